The third-order valence-corrected chi connectivity index (χ3v) is 4.92. The lowest BCUT2D eigenvalue weighted by Gasteiger charge is -2.32. The van der Waals surface area contributed by atoms with Crippen molar-refractivity contribution in [3.63, 3.8) is 0 Å². The summed E-state index contributed by atoms with van der Waals surface area (Å²) in [5.74, 6) is 2.09. The monoisotopic (exact) mass is 337 g/mol. The van der Waals surface area contributed by atoms with Crippen LogP contribution in [0.5, 0.6) is 0 Å². The van der Waals surface area contributed by atoms with Gasteiger partial charge >= 0.3 is 13.2 Å². The van der Waals surface area contributed by atoms with E-state index in [0.717, 1.165) is 25.8 Å². The van der Waals surface area contributed by atoms with Gasteiger partial charge in [0.25, 0.3) is 0 Å². The highest BCUT2D eigenvalue weighted by Crippen LogP contribution is 2.37. The van der Waals surface area contributed by atoms with Crippen LogP contribution in [-0.4, -0.2) is 48.0 Å². The maximum absolute atomic E-state index is 12.2. The van der Waals surface area contributed by atoms with Gasteiger partial charge in [-0.3, -0.25) is 0 Å². The van der Waals surface area contributed by atoms with Crippen molar-refractivity contribution in [1.29, 1.82) is 0 Å². The minimum atomic E-state index is -0.454. The van der Waals surface area contributed by atoms with Crippen LogP contribution in [0.25, 0.3) is 0 Å². The van der Waals surface area contributed by atoms with Gasteiger partial charge in [-0.1, -0.05) is 11.5 Å². The molecule has 0 radical (unpaired) electrons. The van der Waals surface area contributed by atoms with E-state index in [0.29, 0.717) is 6.54 Å². The van der Waals surface area contributed by atoms with Gasteiger partial charge in [-0.05, 0) is 67.7 Å². The average molecular weight is 337 g/mol. The summed E-state index contributed by atoms with van der Waals surface area (Å²) in [5.41, 5.74) is 0.203. The molecule has 0 spiro atoms. The molecule has 0 unspecified atom stereocenters. The largest absolute Gasteiger partial charge is 0.487 e. The van der Waals surface area contributed by atoms with Crippen molar-refractivity contribution in [1.82, 2.24) is 4.90 Å². The topological polar surface area (TPSA) is 48.0 Å². The molecule has 2 aliphatic rings. The number of ether oxygens (including phenoxy) is 1. The van der Waals surface area contributed by atoms with Crippen LogP contribution in [0.15, 0.2) is 11.5 Å². The van der Waals surface area contributed by atoms with Gasteiger partial charge in [-0.15, -0.1) is 0 Å². The Labute approximate surface area is 146 Å². The van der Waals surface area contributed by atoms with E-state index in [4.69, 9.17) is 14.0 Å². The van der Waals surface area contributed by atoms with Crippen molar-refractivity contribution in [2.75, 3.05) is 13.1 Å². The molecule has 2 heterocycles. The molecule has 0 atom stereocenters. The predicted octanol–water partition coefficient (Wildman–Crippen LogP) is 3.97. The molecule has 1 amide bonds. The van der Waals surface area contributed by atoms with Gasteiger partial charge in [0.1, 0.15) is 5.60 Å². The lowest BCUT2D eigenvalue weighted by molar-refractivity contribution is 0.00578. The summed E-state index contributed by atoms with van der Waals surface area (Å²) in [6, 6.07) is 0. The molecule has 0 aliphatic carbocycles. The van der Waals surface area contributed by atoms with Gasteiger partial charge < -0.3 is 18.9 Å². The SMILES string of the molecule is CC(C)(C)OC(=O)N1CCCC(=CB2OC(C)(C)C(C)(C)O2)CC1. The average Bonchev–Trinajstić information content (AvgIpc) is 2.54. The summed E-state index contributed by atoms with van der Waals surface area (Å²) in [7, 11) is -0.307. The molecule has 2 fully saturated rings. The normalized spacial score (nSPS) is 25.7. The van der Waals surface area contributed by atoms with Gasteiger partial charge in [0.05, 0.1) is 11.2 Å². The van der Waals surface area contributed by atoms with Gasteiger partial charge in [0.15, 0.2) is 0 Å². The second-order valence-electron chi connectivity index (χ2n) is 8.77. The molecule has 0 aromatic heterocycles. The summed E-state index contributed by atoms with van der Waals surface area (Å²) in [6.45, 7) is 15.3. The Hall–Kier alpha value is -1.01. The molecule has 2 saturated heterocycles. The standard InChI is InChI=1S/C18H32BNO4/c1-16(2,3)22-15(21)20-11-8-9-14(10-12-20)13-19-23-17(4,5)18(6,7)24-19/h13H,8-12H2,1-7H3. The number of hydrogen-bond donors (Lipinski definition) is 0. The first kappa shape index (κ1) is 19.3. The quantitative estimate of drug-likeness (QED) is 0.680. The lowest BCUT2D eigenvalue weighted by Crippen LogP contribution is -2.41. The molecule has 136 valence electrons. The van der Waals surface area contributed by atoms with Crippen molar-refractivity contribution in [3.8, 4) is 0 Å². The number of rotatable bonds is 1. The van der Waals surface area contributed by atoms with Crippen molar-refractivity contribution in [2.24, 2.45) is 0 Å². The Balaban J connectivity index is 1.95. The third-order valence-electron chi connectivity index (χ3n) is 4.92. The Kier molecular flexibility index (Phi) is 5.41. The van der Waals surface area contributed by atoms with E-state index in [1.807, 2.05) is 20.8 Å². The van der Waals surface area contributed by atoms with E-state index < -0.39 is 5.60 Å². The molecular weight excluding hydrogens is 305 g/mol. The molecule has 2 aliphatic heterocycles. The minimum absolute atomic E-state index is 0.223. The fraction of sp³-hybridized carbons (Fsp3) is 0.833. The van der Waals surface area contributed by atoms with Crippen LogP contribution >= 0.6 is 0 Å². The van der Waals surface area contributed by atoms with Crippen LogP contribution in [0.4, 0.5) is 4.79 Å². The highest BCUT2D eigenvalue weighted by atomic mass is 16.7. The fourth-order valence-electron chi connectivity index (χ4n) is 2.84. The first-order valence-corrected chi connectivity index (χ1v) is 8.93. The molecule has 0 bridgehead atoms. The fourth-order valence-corrected chi connectivity index (χ4v) is 2.84. The Morgan fingerprint density at radius 3 is 2.25 bits per heavy atom. The van der Waals surface area contributed by atoms with Gasteiger partial charge in [0.2, 0.25) is 0 Å². The lowest BCUT2D eigenvalue weighted by atomic mass is 9.85. The molecule has 0 aromatic carbocycles. The maximum Gasteiger partial charge on any atom is 0.487 e. The minimum Gasteiger partial charge on any atom is -0.444 e. The second-order valence-corrected chi connectivity index (χ2v) is 8.77. The highest BCUT2D eigenvalue weighted by molar-refractivity contribution is 6.51. The van der Waals surface area contributed by atoms with E-state index in [9.17, 15) is 4.79 Å². The van der Waals surface area contributed by atoms with E-state index in [1.165, 1.54) is 5.57 Å². The van der Waals surface area contributed by atoms with E-state index in [1.54, 1.807) is 4.90 Å². The maximum atomic E-state index is 12.2. The molecule has 0 N–H and O–H groups in total. The number of carbonyl (C=O) groups excluding carboxylic acids is 1. The molecular formula is C18H32BNO4. The van der Waals surface area contributed by atoms with Gasteiger partial charge in [0, 0.05) is 13.1 Å². The van der Waals surface area contributed by atoms with Crippen LogP contribution in [0.3, 0.4) is 0 Å². The number of hydrogen-bond acceptors (Lipinski definition) is 4. The zero-order valence-electron chi connectivity index (χ0n) is 16.3. The van der Waals surface area contributed by atoms with Crippen LogP contribution in [0.2, 0.25) is 0 Å². The van der Waals surface area contributed by atoms with Gasteiger partial charge in [-0.2, -0.15) is 0 Å². The van der Waals surface area contributed by atoms with Crippen molar-refractivity contribution >= 4 is 13.2 Å². The van der Waals surface area contributed by atoms with E-state index in [2.05, 4.69) is 33.7 Å². The van der Waals surface area contributed by atoms with Crippen LogP contribution in [0.1, 0.15) is 67.7 Å². The van der Waals surface area contributed by atoms with Crippen molar-refractivity contribution in [3.05, 3.63) is 11.5 Å². The Bertz CT molecular complexity index is 492. The summed E-state index contributed by atoms with van der Waals surface area (Å²) in [5, 5.41) is 0. The first-order chi connectivity index (χ1) is 10.9. The molecule has 24 heavy (non-hydrogen) atoms. The second kappa shape index (κ2) is 6.72. The summed E-state index contributed by atoms with van der Waals surface area (Å²) < 4.78 is 17.6. The smallest absolute Gasteiger partial charge is 0.444 e. The summed E-state index contributed by atoms with van der Waals surface area (Å²) in [4.78, 5) is 14.0. The summed E-state index contributed by atoms with van der Waals surface area (Å²) >= 11 is 0. The number of likely N-dealkylation sites (tertiary alicyclic amines) is 1. The molecule has 2 rings (SSSR count). The van der Waals surface area contributed by atoms with E-state index in [-0.39, 0.29) is 24.4 Å². The number of amides is 1. The zero-order chi connectivity index (χ0) is 18.2. The number of carbonyl (C=O) groups is 1. The first-order valence-electron chi connectivity index (χ1n) is 8.93. The van der Waals surface area contributed by atoms with Crippen molar-refractivity contribution < 1.29 is 18.8 Å². The summed E-state index contributed by atoms with van der Waals surface area (Å²) in [6.07, 6.45) is 2.51. The Morgan fingerprint density at radius 2 is 1.71 bits per heavy atom. The van der Waals surface area contributed by atoms with Gasteiger partial charge in [-0.25, -0.2) is 4.79 Å². The zero-order valence-corrected chi connectivity index (χ0v) is 16.3. The van der Waals surface area contributed by atoms with E-state index >= 15 is 0 Å². The third kappa shape index (κ3) is 4.76. The molecule has 0 saturated carbocycles. The molecule has 5 nitrogen and oxygen atoms in total. The molecule has 6 heteroatoms. The molecule has 0 aromatic rings. The predicted molar refractivity (Wildman–Crippen MR) is 95.8 cm³/mol. The highest BCUT2D eigenvalue weighted by Gasteiger charge is 2.50. The van der Waals surface area contributed by atoms with Crippen LogP contribution in [0, 0.1) is 0 Å². The van der Waals surface area contributed by atoms with Crippen LogP contribution in [-0.2, 0) is 14.0 Å². The van der Waals surface area contributed by atoms with Crippen LogP contribution < -0.4 is 0 Å². The van der Waals surface area contributed by atoms with Crippen molar-refractivity contribution in [2.45, 2.75) is 84.5 Å². The number of nitrogens with zero attached hydrogens (tertiary/aromatic N) is 1. The Morgan fingerprint density at radius 1 is 1.12 bits per heavy atom.